The van der Waals surface area contributed by atoms with Gasteiger partial charge in [-0.2, -0.15) is 0 Å². The molecule has 0 amide bonds. The Morgan fingerprint density at radius 1 is 1.00 bits per heavy atom. The van der Waals surface area contributed by atoms with Gasteiger partial charge < -0.3 is 0 Å². The molecule has 2 heterocycles. The molecule has 1 aliphatic rings. The van der Waals surface area contributed by atoms with Crippen molar-refractivity contribution in [1.82, 2.24) is 15.0 Å². The summed E-state index contributed by atoms with van der Waals surface area (Å²) in [6, 6.07) is 10.3. The number of hydrogen-bond acceptors (Lipinski definition) is 5. The van der Waals surface area contributed by atoms with Crippen LogP contribution in [0.4, 0.5) is 0 Å². The van der Waals surface area contributed by atoms with Gasteiger partial charge in [-0.15, -0.1) is 0 Å². The molecule has 3 aromatic rings. The van der Waals surface area contributed by atoms with Crippen LogP contribution in [0, 0.1) is 0 Å². The van der Waals surface area contributed by atoms with Crippen molar-refractivity contribution >= 4 is 20.9 Å². The molecular weight excluding hydrogens is 312 g/mol. The monoisotopic (exact) mass is 326 g/mol. The highest BCUT2D eigenvalue weighted by atomic mass is 32.2. The minimum atomic E-state index is -3.84. The van der Waals surface area contributed by atoms with E-state index in [-0.39, 0.29) is 4.90 Å². The summed E-state index contributed by atoms with van der Waals surface area (Å²) in [5, 5.41) is 6.01. The highest BCUT2D eigenvalue weighted by Crippen LogP contribution is 2.38. The lowest BCUT2D eigenvalue weighted by Gasteiger charge is -2.07. The fourth-order valence-electron chi connectivity index (χ4n) is 2.55. The number of fused-ring (bicyclic) bond motifs is 1. The molecule has 0 spiro atoms. The second-order valence-electron chi connectivity index (χ2n) is 5.64. The Labute approximate surface area is 133 Å². The van der Waals surface area contributed by atoms with E-state index in [9.17, 15) is 8.42 Å². The van der Waals surface area contributed by atoms with Crippen molar-refractivity contribution in [1.29, 1.82) is 0 Å². The molecule has 1 fully saturated rings. The Kier molecular flexibility index (Phi) is 3.14. The Bertz CT molecular complexity index is 1010. The molecule has 7 heteroatoms. The number of hydrogen-bond donors (Lipinski definition) is 1. The van der Waals surface area contributed by atoms with Crippen molar-refractivity contribution < 1.29 is 8.42 Å². The van der Waals surface area contributed by atoms with E-state index < -0.39 is 10.0 Å². The van der Waals surface area contributed by atoms with Crippen LogP contribution in [0.3, 0.4) is 0 Å². The maximum absolute atomic E-state index is 11.8. The molecule has 6 nitrogen and oxygen atoms in total. The minimum absolute atomic E-state index is 0.0216. The van der Waals surface area contributed by atoms with Crippen LogP contribution in [-0.2, 0) is 10.0 Å². The summed E-state index contributed by atoms with van der Waals surface area (Å²) in [5.74, 6) is 1.26. The Morgan fingerprint density at radius 2 is 1.78 bits per heavy atom. The average molecular weight is 326 g/mol. The van der Waals surface area contributed by atoms with Crippen LogP contribution in [0.15, 0.2) is 47.5 Å². The SMILES string of the molecule is NS(=O)(=O)c1cccc2ccc(-c3ccnc(C4CC4)n3)nc12. The molecule has 4 rings (SSSR count). The van der Waals surface area contributed by atoms with Crippen LogP contribution in [0.25, 0.3) is 22.3 Å². The zero-order chi connectivity index (χ0) is 16.0. The first-order chi connectivity index (χ1) is 11.0. The topological polar surface area (TPSA) is 98.8 Å². The zero-order valence-corrected chi connectivity index (χ0v) is 13.0. The molecule has 2 aromatic heterocycles. The van der Waals surface area contributed by atoms with Crippen molar-refractivity contribution in [3.8, 4) is 11.4 Å². The summed E-state index contributed by atoms with van der Waals surface area (Å²) in [5.41, 5.74) is 1.66. The van der Waals surface area contributed by atoms with Gasteiger partial charge in [0.15, 0.2) is 0 Å². The zero-order valence-electron chi connectivity index (χ0n) is 12.2. The number of para-hydroxylation sites is 1. The summed E-state index contributed by atoms with van der Waals surface area (Å²) in [4.78, 5) is 13.3. The molecule has 1 aliphatic carbocycles. The molecule has 0 atom stereocenters. The number of pyridine rings is 1. The number of nitrogens with two attached hydrogens (primary N) is 1. The van der Waals surface area contributed by atoms with Gasteiger partial charge in [-0.05, 0) is 31.0 Å². The maximum Gasteiger partial charge on any atom is 0.240 e. The van der Waals surface area contributed by atoms with Gasteiger partial charge in [0.1, 0.15) is 10.7 Å². The van der Waals surface area contributed by atoms with Crippen LogP contribution in [0.2, 0.25) is 0 Å². The minimum Gasteiger partial charge on any atom is -0.245 e. The molecule has 23 heavy (non-hydrogen) atoms. The van der Waals surface area contributed by atoms with E-state index in [2.05, 4.69) is 15.0 Å². The first-order valence-electron chi connectivity index (χ1n) is 7.28. The van der Waals surface area contributed by atoms with Crippen LogP contribution in [0.5, 0.6) is 0 Å². The van der Waals surface area contributed by atoms with Gasteiger partial charge in [0.25, 0.3) is 0 Å². The standard InChI is InChI=1S/C16H14N4O2S/c17-23(21,22)14-3-1-2-10-6-7-12(19-15(10)14)13-8-9-18-16(20-13)11-4-5-11/h1-3,6-9,11H,4-5H2,(H2,17,21,22). The number of sulfonamides is 1. The van der Waals surface area contributed by atoms with E-state index in [1.807, 2.05) is 12.1 Å². The van der Waals surface area contributed by atoms with Crippen molar-refractivity contribution in [2.24, 2.45) is 5.14 Å². The molecular formula is C16H14N4O2S. The van der Waals surface area contributed by atoms with E-state index in [0.717, 1.165) is 24.1 Å². The largest absolute Gasteiger partial charge is 0.245 e. The van der Waals surface area contributed by atoms with E-state index in [0.29, 0.717) is 22.8 Å². The quantitative estimate of drug-likeness (QED) is 0.795. The maximum atomic E-state index is 11.8. The number of rotatable bonds is 3. The molecule has 1 aromatic carbocycles. The van der Waals surface area contributed by atoms with Gasteiger partial charge in [-0.25, -0.2) is 28.5 Å². The van der Waals surface area contributed by atoms with Gasteiger partial charge in [0, 0.05) is 17.5 Å². The molecule has 0 bridgehead atoms. The van der Waals surface area contributed by atoms with Crippen molar-refractivity contribution in [2.45, 2.75) is 23.7 Å². The predicted molar refractivity (Wildman–Crippen MR) is 86.1 cm³/mol. The third-order valence-corrected chi connectivity index (χ3v) is 4.81. The Morgan fingerprint density at radius 3 is 2.52 bits per heavy atom. The molecule has 2 N–H and O–H groups in total. The predicted octanol–water partition coefficient (Wildman–Crippen LogP) is 2.22. The van der Waals surface area contributed by atoms with Crippen molar-refractivity contribution in [2.75, 3.05) is 0 Å². The average Bonchev–Trinajstić information content (AvgIpc) is 3.38. The Hall–Kier alpha value is -2.38. The second kappa shape index (κ2) is 5.07. The lowest BCUT2D eigenvalue weighted by molar-refractivity contribution is 0.598. The summed E-state index contributed by atoms with van der Waals surface area (Å²) in [6.07, 6.45) is 3.95. The van der Waals surface area contributed by atoms with Crippen molar-refractivity contribution in [3.05, 3.63) is 48.4 Å². The van der Waals surface area contributed by atoms with Crippen LogP contribution >= 0.6 is 0 Å². The molecule has 0 unspecified atom stereocenters. The number of benzene rings is 1. The third-order valence-electron chi connectivity index (χ3n) is 3.87. The molecule has 0 aliphatic heterocycles. The van der Waals surface area contributed by atoms with E-state index >= 15 is 0 Å². The normalized spacial score (nSPS) is 15.0. The van der Waals surface area contributed by atoms with E-state index in [1.54, 1.807) is 24.4 Å². The lowest BCUT2D eigenvalue weighted by atomic mass is 10.1. The van der Waals surface area contributed by atoms with Crippen LogP contribution < -0.4 is 5.14 Å². The first kappa shape index (κ1) is 14.2. The number of primary sulfonamides is 1. The fourth-order valence-corrected chi connectivity index (χ4v) is 3.25. The third kappa shape index (κ3) is 2.69. The molecule has 1 saturated carbocycles. The van der Waals surface area contributed by atoms with Crippen LogP contribution in [0.1, 0.15) is 24.6 Å². The van der Waals surface area contributed by atoms with Gasteiger partial charge in [0.05, 0.1) is 16.9 Å². The highest BCUT2D eigenvalue weighted by molar-refractivity contribution is 7.89. The smallest absolute Gasteiger partial charge is 0.240 e. The first-order valence-corrected chi connectivity index (χ1v) is 8.83. The lowest BCUT2D eigenvalue weighted by Crippen LogP contribution is -2.13. The summed E-state index contributed by atoms with van der Waals surface area (Å²) in [6.45, 7) is 0. The van der Waals surface area contributed by atoms with Gasteiger partial charge in [0.2, 0.25) is 10.0 Å². The number of nitrogens with zero attached hydrogens (tertiary/aromatic N) is 3. The van der Waals surface area contributed by atoms with Crippen molar-refractivity contribution in [3.63, 3.8) is 0 Å². The summed E-state index contributed by atoms with van der Waals surface area (Å²) in [7, 11) is -3.84. The van der Waals surface area contributed by atoms with Gasteiger partial charge in [-0.1, -0.05) is 18.2 Å². The molecule has 0 saturated heterocycles. The second-order valence-corrected chi connectivity index (χ2v) is 7.17. The molecule has 0 radical (unpaired) electrons. The van der Waals surface area contributed by atoms with Gasteiger partial charge in [-0.3, -0.25) is 0 Å². The van der Waals surface area contributed by atoms with E-state index in [4.69, 9.17) is 5.14 Å². The summed E-state index contributed by atoms with van der Waals surface area (Å²) < 4.78 is 23.5. The van der Waals surface area contributed by atoms with E-state index in [1.165, 1.54) is 6.07 Å². The van der Waals surface area contributed by atoms with Crippen LogP contribution in [-0.4, -0.2) is 23.4 Å². The summed E-state index contributed by atoms with van der Waals surface area (Å²) >= 11 is 0. The Balaban J connectivity index is 1.90. The fraction of sp³-hybridized carbons (Fsp3) is 0.188. The van der Waals surface area contributed by atoms with Gasteiger partial charge >= 0.3 is 0 Å². The highest BCUT2D eigenvalue weighted by Gasteiger charge is 2.26. The number of aromatic nitrogens is 3. The molecule has 116 valence electrons.